The summed E-state index contributed by atoms with van der Waals surface area (Å²) in [4.78, 5) is 22.1. The van der Waals surface area contributed by atoms with Crippen molar-refractivity contribution >= 4 is 29.1 Å². The topological polar surface area (TPSA) is 108 Å². The number of aryl methyl sites for hydroxylation is 2. The Morgan fingerprint density at radius 3 is 2.78 bits per heavy atom. The summed E-state index contributed by atoms with van der Waals surface area (Å²) in [6, 6.07) is 10.6. The maximum Gasteiger partial charge on any atom is 0.389 e. The molecule has 0 bridgehead atoms. The number of aromatic nitrogens is 4. The number of hydrogen-bond acceptors (Lipinski definition) is 5. The Morgan fingerprint density at radius 2 is 2.07 bits per heavy atom. The van der Waals surface area contributed by atoms with Gasteiger partial charge >= 0.3 is 5.82 Å². The molecule has 140 valence electrons. The molecule has 1 amide bonds. The van der Waals surface area contributed by atoms with Crippen molar-refractivity contribution in [3.63, 3.8) is 0 Å². The monoisotopic (exact) mass is 388 g/mol. The van der Waals surface area contributed by atoms with Gasteiger partial charge in [0.2, 0.25) is 5.91 Å². The Balaban J connectivity index is 1.58. The minimum absolute atomic E-state index is 0.120. The maximum absolute atomic E-state index is 12.1. The van der Waals surface area contributed by atoms with Gasteiger partial charge in [0.05, 0.1) is 30.5 Å². The summed E-state index contributed by atoms with van der Waals surface area (Å²) >= 11 is 6.18. The first-order valence-electron chi connectivity index (χ1n) is 8.18. The van der Waals surface area contributed by atoms with Gasteiger partial charge < -0.3 is 15.4 Å². The summed E-state index contributed by atoms with van der Waals surface area (Å²) < 4.78 is 3.12. The molecule has 0 spiro atoms. The van der Waals surface area contributed by atoms with Crippen LogP contribution in [-0.4, -0.2) is 30.4 Å². The number of nitro groups is 1. The summed E-state index contributed by atoms with van der Waals surface area (Å²) in [6.45, 7) is 2.62. The van der Waals surface area contributed by atoms with Gasteiger partial charge in [-0.15, -0.1) is 0 Å². The molecule has 0 unspecified atom stereocenters. The van der Waals surface area contributed by atoms with Crippen molar-refractivity contribution in [2.45, 2.75) is 26.4 Å². The van der Waals surface area contributed by atoms with E-state index in [1.54, 1.807) is 10.7 Å². The molecule has 1 N–H and O–H groups in total. The van der Waals surface area contributed by atoms with Crippen LogP contribution in [0.1, 0.15) is 17.7 Å². The average molecular weight is 389 g/mol. The number of amides is 1. The van der Waals surface area contributed by atoms with Crippen LogP contribution in [0.4, 0.5) is 11.6 Å². The van der Waals surface area contributed by atoms with E-state index in [1.165, 1.54) is 16.9 Å². The Bertz CT molecular complexity index is 981. The number of nitrogens with zero attached hydrogens (tertiary/aromatic N) is 5. The molecule has 1 aromatic carbocycles. The first kappa shape index (κ1) is 18.6. The highest BCUT2D eigenvalue weighted by Crippen LogP contribution is 2.18. The molecule has 3 rings (SSSR count). The van der Waals surface area contributed by atoms with Gasteiger partial charge in [-0.2, -0.15) is 9.78 Å². The summed E-state index contributed by atoms with van der Waals surface area (Å²) in [6.07, 6.45) is 1.59. The highest BCUT2D eigenvalue weighted by molar-refractivity contribution is 6.31. The van der Waals surface area contributed by atoms with Crippen LogP contribution < -0.4 is 5.32 Å². The number of carbonyl (C=O) groups is 1. The molecular formula is C17H17ClN6O3. The van der Waals surface area contributed by atoms with Crippen molar-refractivity contribution in [1.29, 1.82) is 0 Å². The van der Waals surface area contributed by atoms with Crippen LogP contribution in [0, 0.1) is 17.0 Å². The third-order valence-corrected chi connectivity index (χ3v) is 4.28. The minimum Gasteiger partial charge on any atom is -0.358 e. The number of nitrogens with one attached hydrogen (secondary N) is 1. The molecule has 0 saturated heterocycles. The highest BCUT2D eigenvalue weighted by atomic mass is 35.5. The first-order chi connectivity index (χ1) is 12.9. The van der Waals surface area contributed by atoms with Crippen molar-refractivity contribution in [2.75, 3.05) is 5.32 Å². The molecule has 0 aliphatic carbocycles. The van der Waals surface area contributed by atoms with Crippen molar-refractivity contribution < 1.29 is 9.72 Å². The summed E-state index contributed by atoms with van der Waals surface area (Å²) in [5.41, 5.74) is 1.82. The Hall–Kier alpha value is -3.20. The smallest absolute Gasteiger partial charge is 0.358 e. The lowest BCUT2D eigenvalue weighted by Gasteiger charge is -2.06. The second kappa shape index (κ2) is 8.00. The molecule has 27 heavy (non-hydrogen) atoms. The molecule has 0 saturated carbocycles. The summed E-state index contributed by atoms with van der Waals surface area (Å²) in [5, 5.41) is 22.1. The number of rotatable bonds is 7. The van der Waals surface area contributed by atoms with Crippen molar-refractivity contribution in [3.8, 4) is 0 Å². The SMILES string of the molecule is Cc1cc(NC(=O)CCn2ccc([N+](=O)[O-])n2)nn1Cc1ccccc1Cl. The van der Waals surface area contributed by atoms with Gasteiger partial charge in [-0.3, -0.25) is 9.48 Å². The zero-order chi connectivity index (χ0) is 19.4. The highest BCUT2D eigenvalue weighted by Gasteiger charge is 2.13. The van der Waals surface area contributed by atoms with Crippen molar-refractivity contribution in [1.82, 2.24) is 19.6 Å². The van der Waals surface area contributed by atoms with Gasteiger partial charge in [0.15, 0.2) is 5.82 Å². The second-order valence-electron chi connectivity index (χ2n) is 5.91. The minimum atomic E-state index is -0.578. The lowest BCUT2D eigenvalue weighted by molar-refractivity contribution is -0.389. The lowest BCUT2D eigenvalue weighted by Crippen LogP contribution is -2.15. The van der Waals surface area contributed by atoms with E-state index in [0.29, 0.717) is 17.4 Å². The van der Waals surface area contributed by atoms with E-state index in [9.17, 15) is 14.9 Å². The molecule has 2 aromatic heterocycles. The standard InChI is InChI=1S/C17H17ClN6O3/c1-12-10-15(20-23(12)11-13-4-2-3-5-14(13)18)19-17(25)7-9-22-8-6-16(21-22)24(26)27/h2-6,8,10H,7,9,11H2,1H3,(H,19,20,25). The number of anilines is 1. The van der Waals surface area contributed by atoms with E-state index >= 15 is 0 Å². The van der Waals surface area contributed by atoms with Crippen LogP contribution in [0.2, 0.25) is 5.02 Å². The fraction of sp³-hybridized carbons (Fsp3) is 0.235. The quantitative estimate of drug-likeness (QED) is 0.494. The summed E-state index contributed by atoms with van der Waals surface area (Å²) in [5.74, 6) is -0.0594. The van der Waals surface area contributed by atoms with Crippen LogP contribution in [0.15, 0.2) is 42.6 Å². The number of halogens is 1. The average Bonchev–Trinajstić information content (AvgIpc) is 3.22. The van der Waals surface area contributed by atoms with E-state index in [2.05, 4.69) is 15.5 Å². The molecule has 3 aromatic rings. The van der Waals surface area contributed by atoms with E-state index in [1.807, 2.05) is 31.2 Å². The first-order valence-corrected chi connectivity index (χ1v) is 8.56. The van der Waals surface area contributed by atoms with Gasteiger partial charge in [0.25, 0.3) is 0 Å². The normalized spacial score (nSPS) is 10.7. The molecule has 2 heterocycles. The molecular weight excluding hydrogens is 372 g/mol. The van der Waals surface area contributed by atoms with Gasteiger partial charge in [0, 0.05) is 23.2 Å². The second-order valence-corrected chi connectivity index (χ2v) is 6.32. The maximum atomic E-state index is 12.1. The molecule has 0 fully saturated rings. The van der Waals surface area contributed by atoms with Gasteiger partial charge in [0.1, 0.15) is 0 Å². The molecule has 0 aliphatic rings. The van der Waals surface area contributed by atoms with E-state index in [-0.39, 0.29) is 24.7 Å². The lowest BCUT2D eigenvalue weighted by atomic mass is 10.2. The molecule has 9 nitrogen and oxygen atoms in total. The number of carbonyl (C=O) groups excluding carboxylic acids is 1. The van der Waals surface area contributed by atoms with Crippen LogP contribution >= 0.6 is 11.6 Å². The largest absolute Gasteiger partial charge is 0.389 e. The van der Waals surface area contributed by atoms with Crippen LogP contribution in [0.25, 0.3) is 0 Å². The third kappa shape index (κ3) is 4.70. The Labute approximate surface area is 159 Å². The Morgan fingerprint density at radius 1 is 1.30 bits per heavy atom. The predicted molar refractivity (Wildman–Crippen MR) is 99.6 cm³/mol. The number of hydrogen-bond donors (Lipinski definition) is 1. The van der Waals surface area contributed by atoms with Gasteiger partial charge in [-0.1, -0.05) is 29.8 Å². The molecule has 0 aliphatic heterocycles. The zero-order valence-corrected chi connectivity index (χ0v) is 15.3. The molecule has 10 heteroatoms. The van der Waals surface area contributed by atoms with Crippen molar-refractivity contribution in [2.24, 2.45) is 0 Å². The van der Waals surface area contributed by atoms with Crippen LogP contribution in [0.3, 0.4) is 0 Å². The van der Waals surface area contributed by atoms with E-state index in [0.717, 1.165) is 11.3 Å². The molecule has 0 radical (unpaired) electrons. The van der Waals surface area contributed by atoms with Gasteiger partial charge in [-0.05, 0) is 23.5 Å². The van der Waals surface area contributed by atoms with E-state index in [4.69, 9.17) is 11.6 Å². The zero-order valence-electron chi connectivity index (χ0n) is 14.5. The summed E-state index contributed by atoms with van der Waals surface area (Å²) in [7, 11) is 0. The van der Waals surface area contributed by atoms with Crippen LogP contribution in [-0.2, 0) is 17.9 Å². The Kier molecular flexibility index (Phi) is 5.51. The fourth-order valence-corrected chi connectivity index (χ4v) is 2.71. The fourth-order valence-electron chi connectivity index (χ4n) is 2.51. The third-order valence-electron chi connectivity index (χ3n) is 3.91. The molecule has 0 atom stereocenters. The van der Waals surface area contributed by atoms with Crippen LogP contribution in [0.5, 0.6) is 0 Å². The van der Waals surface area contributed by atoms with E-state index < -0.39 is 4.92 Å². The van der Waals surface area contributed by atoms with Gasteiger partial charge in [-0.25, -0.2) is 0 Å². The van der Waals surface area contributed by atoms with Crippen molar-refractivity contribution in [3.05, 3.63) is 69.0 Å². The number of benzene rings is 1. The predicted octanol–water partition coefficient (Wildman–Crippen LogP) is 3.03.